The van der Waals surface area contributed by atoms with E-state index in [1.54, 1.807) is 49.2 Å². The van der Waals surface area contributed by atoms with Crippen LogP contribution in [0, 0.1) is 11.8 Å². The minimum Gasteiger partial charge on any atom is -0.344 e. The molecule has 1 unspecified atom stereocenters. The SMILES string of the molecule is CC(NC(=O)C1CCC(CNS(=O)(=O)c2ccccc2)CC1)C(=O)N(C)Cc1ccccc1. The van der Waals surface area contributed by atoms with Gasteiger partial charge in [-0.25, -0.2) is 13.1 Å². The number of hydrogen-bond acceptors (Lipinski definition) is 4. The molecule has 0 aromatic heterocycles. The molecule has 1 atom stereocenters. The van der Waals surface area contributed by atoms with Gasteiger partial charge in [0.1, 0.15) is 6.04 Å². The third-order valence-corrected chi connectivity index (χ3v) is 7.64. The predicted octanol–water partition coefficient (Wildman–Crippen LogP) is 2.93. The van der Waals surface area contributed by atoms with Gasteiger partial charge in [0.2, 0.25) is 21.8 Å². The Hall–Kier alpha value is -2.71. The highest BCUT2D eigenvalue weighted by Crippen LogP contribution is 2.29. The molecule has 33 heavy (non-hydrogen) atoms. The summed E-state index contributed by atoms with van der Waals surface area (Å²) >= 11 is 0. The van der Waals surface area contributed by atoms with Crippen molar-refractivity contribution in [3.05, 3.63) is 66.2 Å². The maximum Gasteiger partial charge on any atom is 0.244 e. The molecule has 7 nitrogen and oxygen atoms in total. The van der Waals surface area contributed by atoms with E-state index in [2.05, 4.69) is 10.0 Å². The molecule has 1 aliphatic carbocycles. The van der Waals surface area contributed by atoms with Crippen LogP contribution < -0.4 is 10.0 Å². The van der Waals surface area contributed by atoms with E-state index < -0.39 is 16.1 Å². The summed E-state index contributed by atoms with van der Waals surface area (Å²) < 4.78 is 27.5. The van der Waals surface area contributed by atoms with Crippen LogP contribution in [-0.4, -0.2) is 44.8 Å². The number of rotatable bonds is 9. The van der Waals surface area contributed by atoms with Crippen LogP contribution in [0.25, 0.3) is 0 Å². The van der Waals surface area contributed by atoms with E-state index >= 15 is 0 Å². The number of nitrogens with one attached hydrogen (secondary N) is 2. The van der Waals surface area contributed by atoms with Crippen molar-refractivity contribution in [2.75, 3.05) is 13.6 Å². The number of hydrogen-bond donors (Lipinski definition) is 2. The maximum atomic E-state index is 12.7. The molecule has 0 aliphatic heterocycles. The number of nitrogens with zero attached hydrogens (tertiary/aromatic N) is 1. The van der Waals surface area contributed by atoms with Crippen molar-refractivity contribution in [3.8, 4) is 0 Å². The Labute approximate surface area is 196 Å². The fourth-order valence-electron chi connectivity index (χ4n) is 4.20. The Bertz CT molecular complexity index is 1020. The first-order chi connectivity index (χ1) is 15.8. The first-order valence-electron chi connectivity index (χ1n) is 11.4. The van der Waals surface area contributed by atoms with Gasteiger partial charge in [0, 0.05) is 26.1 Å². The molecule has 0 spiro atoms. The summed E-state index contributed by atoms with van der Waals surface area (Å²) in [5.74, 6) is -0.186. The lowest BCUT2D eigenvalue weighted by Crippen LogP contribution is -2.47. The van der Waals surface area contributed by atoms with Crippen molar-refractivity contribution < 1.29 is 18.0 Å². The molecule has 1 fully saturated rings. The molecule has 1 aliphatic rings. The van der Waals surface area contributed by atoms with Crippen LogP contribution in [0.4, 0.5) is 0 Å². The minimum atomic E-state index is -3.52. The van der Waals surface area contributed by atoms with Gasteiger partial charge in [-0.2, -0.15) is 0 Å². The molecule has 0 saturated heterocycles. The summed E-state index contributed by atoms with van der Waals surface area (Å²) in [5.41, 5.74) is 1.04. The second kappa shape index (κ2) is 11.4. The number of benzene rings is 2. The van der Waals surface area contributed by atoms with E-state index in [0.29, 0.717) is 25.9 Å². The highest BCUT2D eigenvalue weighted by atomic mass is 32.2. The summed E-state index contributed by atoms with van der Waals surface area (Å²) in [6.45, 7) is 2.57. The Morgan fingerprint density at radius 3 is 2.15 bits per heavy atom. The molecule has 0 bridgehead atoms. The molecule has 2 aromatic rings. The third kappa shape index (κ3) is 7.14. The van der Waals surface area contributed by atoms with E-state index in [0.717, 1.165) is 18.4 Å². The molecule has 0 radical (unpaired) electrons. The largest absolute Gasteiger partial charge is 0.344 e. The zero-order chi connectivity index (χ0) is 23.8. The first kappa shape index (κ1) is 24.9. The molecule has 8 heteroatoms. The van der Waals surface area contributed by atoms with Crippen molar-refractivity contribution in [1.82, 2.24) is 14.9 Å². The van der Waals surface area contributed by atoms with Crippen LogP contribution in [0.3, 0.4) is 0 Å². The van der Waals surface area contributed by atoms with E-state index in [4.69, 9.17) is 0 Å². The van der Waals surface area contributed by atoms with Gasteiger partial charge in [0.15, 0.2) is 0 Å². The minimum absolute atomic E-state index is 0.104. The first-order valence-corrected chi connectivity index (χ1v) is 12.9. The van der Waals surface area contributed by atoms with Crippen LogP contribution in [0.1, 0.15) is 38.2 Å². The van der Waals surface area contributed by atoms with Crippen LogP contribution in [0.5, 0.6) is 0 Å². The summed E-state index contributed by atoms with van der Waals surface area (Å²) in [7, 11) is -1.78. The number of sulfonamides is 1. The van der Waals surface area contributed by atoms with Crippen molar-refractivity contribution in [1.29, 1.82) is 0 Å². The lowest BCUT2D eigenvalue weighted by molar-refractivity contribution is -0.136. The number of carbonyl (C=O) groups excluding carboxylic acids is 2. The zero-order valence-electron chi connectivity index (χ0n) is 19.2. The van der Waals surface area contributed by atoms with Gasteiger partial charge in [-0.3, -0.25) is 9.59 Å². The molecular formula is C25H33N3O4S. The monoisotopic (exact) mass is 471 g/mol. The van der Waals surface area contributed by atoms with E-state index in [1.807, 2.05) is 30.3 Å². The van der Waals surface area contributed by atoms with Crippen molar-refractivity contribution in [3.63, 3.8) is 0 Å². The molecule has 0 heterocycles. The highest BCUT2D eigenvalue weighted by molar-refractivity contribution is 7.89. The van der Waals surface area contributed by atoms with Crippen LogP contribution >= 0.6 is 0 Å². The molecule has 2 aromatic carbocycles. The van der Waals surface area contributed by atoms with Crippen molar-refractivity contribution in [2.24, 2.45) is 11.8 Å². The summed E-state index contributed by atoms with van der Waals surface area (Å²) in [4.78, 5) is 27.2. The molecule has 2 N–H and O–H groups in total. The Kier molecular flexibility index (Phi) is 8.63. The summed E-state index contributed by atoms with van der Waals surface area (Å²) in [6, 6.07) is 17.4. The summed E-state index contributed by atoms with van der Waals surface area (Å²) in [6.07, 6.45) is 2.91. The topological polar surface area (TPSA) is 95.6 Å². The fourth-order valence-corrected chi connectivity index (χ4v) is 5.34. The molecule has 1 saturated carbocycles. The van der Waals surface area contributed by atoms with E-state index in [1.165, 1.54) is 0 Å². The summed E-state index contributed by atoms with van der Waals surface area (Å²) in [5, 5.41) is 2.87. The van der Waals surface area contributed by atoms with Crippen molar-refractivity contribution in [2.45, 2.75) is 50.1 Å². The fraction of sp³-hybridized carbons (Fsp3) is 0.440. The normalized spacial score (nSPS) is 19.5. The highest BCUT2D eigenvalue weighted by Gasteiger charge is 2.29. The maximum absolute atomic E-state index is 12.7. The molecule has 3 rings (SSSR count). The second-order valence-electron chi connectivity index (χ2n) is 8.79. The Balaban J connectivity index is 1.42. The van der Waals surface area contributed by atoms with E-state index in [-0.39, 0.29) is 28.5 Å². The quantitative estimate of drug-likeness (QED) is 0.588. The average molecular weight is 472 g/mol. The van der Waals surface area contributed by atoms with Crippen LogP contribution in [0.15, 0.2) is 65.6 Å². The number of amides is 2. The van der Waals surface area contributed by atoms with Gasteiger partial charge in [0.05, 0.1) is 4.90 Å². The number of likely N-dealkylation sites (N-methyl/N-ethyl adjacent to an activating group) is 1. The van der Waals surface area contributed by atoms with Gasteiger partial charge < -0.3 is 10.2 Å². The standard InChI is InChI=1S/C25H33N3O4S/c1-19(25(30)28(2)18-21-9-5-3-6-10-21)27-24(29)22-15-13-20(14-16-22)17-26-33(31,32)23-11-7-4-8-12-23/h3-12,19-20,22,26H,13-18H2,1-2H3,(H,27,29). The Morgan fingerprint density at radius 2 is 1.55 bits per heavy atom. The average Bonchev–Trinajstić information content (AvgIpc) is 2.83. The van der Waals surface area contributed by atoms with Gasteiger partial charge in [-0.15, -0.1) is 0 Å². The zero-order valence-corrected chi connectivity index (χ0v) is 20.1. The van der Waals surface area contributed by atoms with E-state index in [9.17, 15) is 18.0 Å². The lowest BCUT2D eigenvalue weighted by atomic mass is 9.81. The second-order valence-corrected chi connectivity index (χ2v) is 10.6. The van der Waals surface area contributed by atoms with Gasteiger partial charge >= 0.3 is 0 Å². The molecular weight excluding hydrogens is 438 g/mol. The van der Waals surface area contributed by atoms with Crippen LogP contribution in [-0.2, 0) is 26.2 Å². The van der Waals surface area contributed by atoms with Crippen molar-refractivity contribution >= 4 is 21.8 Å². The predicted molar refractivity (Wildman–Crippen MR) is 128 cm³/mol. The van der Waals surface area contributed by atoms with Gasteiger partial charge in [-0.05, 0) is 56.2 Å². The lowest BCUT2D eigenvalue weighted by Gasteiger charge is -2.29. The molecule has 2 amide bonds. The smallest absolute Gasteiger partial charge is 0.244 e. The Morgan fingerprint density at radius 1 is 0.970 bits per heavy atom. The van der Waals surface area contributed by atoms with Gasteiger partial charge in [0.25, 0.3) is 0 Å². The number of carbonyl (C=O) groups is 2. The molecule has 178 valence electrons. The third-order valence-electron chi connectivity index (χ3n) is 6.20. The van der Waals surface area contributed by atoms with Crippen LogP contribution in [0.2, 0.25) is 0 Å². The van der Waals surface area contributed by atoms with Gasteiger partial charge in [-0.1, -0.05) is 48.5 Å².